The van der Waals surface area contributed by atoms with Crippen molar-refractivity contribution in [3.8, 4) is 0 Å². The van der Waals surface area contributed by atoms with Crippen molar-refractivity contribution in [2.75, 3.05) is 5.73 Å². The van der Waals surface area contributed by atoms with Gasteiger partial charge < -0.3 is 10.3 Å². The lowest BCUT2D eigenvalue weighted by Crippen LogP contribution is -2.21. The number of anilines is 1. The summed E-state index contributed by atoms with van der Waals surface area (Å²) < 4.78 is 1.59. The minimum Gasteiger partial charge on any atom is -0.397 e. The molecule has 0 saturated heterocycles. The van der Waals surface area contributed by atoms with Gasteiger partial charge in [0.25, 0.3) is 5.56 Å². The number of nitrogens with two attached hydrogens (primary N) is 1. The maximum Gasteiger partial charge on any atom is 0.251 e. The number of allylic oxidation sites excluding steroid dienone is 1. The Balaban J connectivity index is 3.32. The van der Waals surface area contributed by atoms with Gasteiger partial charge in [0.2, 0.25) is 0 Å². The van der Waals surface area contributed by atoms with E-state index in [1.54, 1.807) is 16.7 Å². The van der Waals surface area contributed by atoms with Crippen LogP contribution < -0.4 is 11.3 Å². The van der Waals surface area contributed by atoms with E-state index in [-0.39, 0.29) is 5.56 Å². The first kappa shape index (κ1) is 8.59. The van der Waals surface area contributed by atoms with Gasteiger partial charge in [-0.3, -0.25) is 4.79 Å². The maximum atomic E-state index is 11.2. The van der Waals surface area contributed by atoms with Gasteiger partial charge in [0, 0.05) is 18.3 Å². The molecule has 0 bridgehead atoms. The zero-order chi connectivity index (χ0) is 9.14. The lowest BCUT2D eigenvalue weighted by Gasteiger charge is -2.08. The number of nitrogen functional groups attached to an aromatic ring is 1. The monoisotopic (exact) mass is 164 g/mol. The number of aromatic nitrogens is 1. The van der Waals surface area contributed by atoms with Crippen molar-refractivity contribution >= 4 is 5.69 Å². The van der Waals surface area contributed by atoms with E-state index in [2.05, 4.69) is 6.58 Å². The molecule has 0 fully saturated rings. The fourth-order valence-corrected chi connectivity index (χ4v) is 1.05. The second-order valence-electron chi connectivity index (χ2n) is 2.61. The maximum absolute atomic E-state index is 11.2. The zero-order valence-corrected chi connectivity index (χ0v) is 7.08. The molecule has 1 heterocycles. The Kier molecular flexibility index (Phi) is 2.33. The summed E-state index contributed by atoms with van der Waals surface area (Å²) in [6.07, 6.45) is 1.67. The Morgan fingerprint density at radius 2 is 2.33 bits per heavy atom. The molecule has 1 aromatic rings. The molecule has 0 aromatic carbocycles. The van der Waals surface area contributed by atoms with E-state index in [1.807, 2.05) is 6.92 Å². The van der Waals surface area contributed by atoms with Crippen molar-refractivity contribution in [1.82, 2.24) is 4.57 Å². The molecule has 1 rings (SSSR count). The van der Waals surface area contributed by atoms with Crippen LogP contribution in [-0.2, 0) is 6.54 Å². The molecule has 12 heavy (non-hydrogen) atoms. The SMILES string of the molecule is C=CCn1c(C)c(N)ccc1=O. The molecule has 0 aliphatic rings. The molecule has 0 radical (unpaired) electrons. The second-order valence-corrected chi connectivity index (χ2v) is 2.61. The highest BCUT2D eigenvalue weighted by Gasteiger charge is 2.00. The van der Waals surface area contributed by atoms with Crippen LogP contribution in [0.1, 0.15) is 5.69 Å². The molecule has 0 amide bonds. The van der Waals surface area contributed by atoms with Crippen LogP contribution in [0.15, 0.2) is 29.6 Å². The molecule has 0 spiro atoms. The van der Waals surface area contributed by atoms with Gasteiger partial charge in [-0.25, -0.2) is 0 Å². The summed E-state index contributed by atoms with van der Waals surface area (Å²) in [6.45, 7) is 5.90. The molecular weight excluding hydrogens is 152 g/mol. The molecular formula is C9H12N2O. The minimum atomic E-state index is -0.0402. The average Bonchev–Trinajstić information content (AvgIpc) is 2.06. The Bertz CT molecular complexity index is 352. The van der Waals surface area contributed by atoms with Crippen molar-refractivity contribution in [2.24, 2.45) is 0 Å². The topological polar surface area (TPSA) is 48.0 Å². The fraction of sp³-hybridized carbons (Fsp3) is 0.222. The first-order chi connectivity index (χ1) is 5.66. The number of pyridine rings is 1. The van der Waals surface area contributed by atoms with Gasteiger partial charge in [-0.1, -0.05) is 6.08 Å². The number of nitrogens with zero attached hydrogens (tertiary/aromatic N) is 1. The highest BCUT2D eigenvalue weighted by atomic mass is 16.1. The van der Waals surface area contributed by atoms with Gasteiger partial charge in [0.15, 0.2) is 0 Å². The first-order valence-electron chi connectivity index (χ1n) is 3.73. The zero-order valence-electron chi connectivity index (χ0n) is 7.08. The summed E-state index contributed by atoms with van der Waals surface area (Å²) in [4.78, 5) is 11.2. The lowest BCUT2D eigenvalue weighted by molar-refractivity contribution is 0.751. The van der Waals surface area contributed by atoms with E-state index in [1.165, 1.54) is 6.07 Å². The van der Waals surface area contributed by atoms with Crippen molar-refractivity contribution < 1.29 is 0 Å². The summed E-state index contributed by atoms with van der Waals surface area (Å²) in [6, 6.07) is 3.09. The second kappa shape index (κ2) is 3.26. The highest BCUT2D eigenvalue weighted by Crippen LogP contribution is 2.05. The van der Waals surface area contributed by atoms with Gasteiger partial charge in [-0.15, -0.1) is 6.58 Å². The van der Waals surface area contributed by atoms with Crippen LogP contribution in [0.25, 0.3) is 0 Å². The van der Waals surface area contributed by atoms with E-state index in [0.29, 0.717) is 12.2 Å². The van der Waals surface area contributed by atoms with Crippen LogP contribution >= 0.6 is 0 Å². The van der Waals surface area contributed by atoms with E-state index in [0.717, 1.165) is 5.69 Å². The smallest absolute Gasteiger partial charge is 0.251 e. The van der Waals surface area contributed by atoms with Crippen molar-refractivity contribution in [2.45, 2.75) is 13.5 Å². The summed E-state index contributed by atoms with van der Waals surface area (Å²) in [5.41, 5.74) is 7.02. The predicted octanol–water partition coefficient (Wildman–Crippen LogP) is 0.925. The molecule has 1 aromatic heterocycles. The summed E-state index contributed by atoms with van der Waals surface area (Å²) in [5.74, 6) is 0. The van der Waals surface area contributed by atoms with Gasteiger partial charge in [-0.2, -0.15) is 0 Å². The summed E-state index contributed by atoms with van der Waals surface area (Å²) >= 11 is 0. The molecule has 0 atom stereocenters. The largest absolute Gasteiger partial charge is 0.397 e. The minimum absolute atomic E-state index is 0.0402. The molecule has 0 aliphatic carbocycles. The molecule has 3 nitrogen and oxygen atoms in total. The molecule has 3 heteroatoms. The van der Waals surface area contributed by atoms with Gasteiger partial charge in [-0.05, 0) is 13.0 Å². The van der Waals surface area contributed by atoms with Crippen LogP contribution in [0.2, 0.25) is 0 Å². The van der Waals surface area contributed by atoms with E-state index in [9.17, 15) is 4.79 Å². The van der Waals surface area contributed by atoms with Gasteiger partial charge >= 0.3 is 0 Å². The molecule has 0 aliphatic heterocycles. The quantitative estimate of drug-likeness (QED) is 0.661. The number of hydrogen-bond acceptors (Lipinski definition) is 2. The highest BCUT2D eigenvalue weighted by molar-refractivity contribution is 5.41. The lowest BCUT2D eigenvalue weighted by atomic mass is 10.3. The Labute approximate surface area is 71.1 Å². The van der Waals surface area contributed by atoms with Crippen LogP contribution in [0, 0.1) is 6.92 Å². The first-order valence-corrected chi connectivity index (χ1v) is 3.73. The van der Waals surface area contributed by atoms with Crippen molar-refractivity contribution in [3.63, 3.8) is 0 Å². The van der Waals surface area contributed by atoms with Crippen LogP contribution in [-0.4, -0.2) is 4.57 Å². The normalized spacial score (nSPS) is 9.75. The summed E-state index contributed by atoms with van der Waals surface area (Å²) in [7, 11) is 0. The van der Waals surface area contributed by atoms with Gasteiger partial charge in [0.05, 0.1) is 5.69 Å². The third-order valence-corrected chi connectivity index (χ3v) is 1.81. The van der Waals surface area contributed by atoms with Crippen LogP contribution in [0.3, 0.4) is 0 Å². The van der Waals surface area contributed by atoms with Crippen molar-refractivity contribution in [3.05, 3.63) is 40.8 Å². The third kappa shape index (κ3) is 1.39. The third-order valence-electron chi connectivity index (χ3n) is 1.81. The van der Waals surface area contributed by atoms with Crippen molar-refractivity contribution in [1.29, 1.82) is 0 Å². The van der Waals surface area contributed by atoms with Crippen LogP contribution in [0.4, 0.5) is 5.69 Å². The van der Waals surface area contributed by atoms with Crippen LogP contribution in [0.5, 0.6) is 0 Å². The van der Waals surface area contributed by atoms with Gasteiger partial charge in [0.1, 0.15) is 0 Å². The standard InChI is InChI=1S/C9H12N2O/c1-3-6-11-7(2)8(10)4-5-9(11)12/h3-5H,1,6,10H2,2H3. The van der Waals surface area contributed by atoms with E-state index in [4.69, 9.17) is 5.73 Å². The van der Waals surface area contributed by atoms with E-state index < -0.39 is 0 Å². The van der Waals surface area contributed by atoms with E-state index >= 15 is 0 Å². The molecule has 2 N–H and O–H groups in total. The molecule has 0 unspecified atom stereocenters. The molecule has 64 valence electrons. The number of hydrogen-bond donors (Lipinski definition) is 1. The Morgan fingerprint density at radius 3 is 2.92 bits per heavy atom. The fourth-order valence-electron chi connectivity index (χ4n) is 1.05. The molecule has 0 saturated carbocycles. The average molecular weight is 164 g/mol. The Morgan fingerprint density at radius 1 is 1.67 bits per heavy atom. The summed E-state index contributed by atoms with van der Waals surface area (Å²) in [5, 5.41) is 0. The predicted molar refractivity (Wildman–Crippen MR) is 50.0 cm³/mol. The number of rotatable bonds is 2. The Hall–Kier alpha value is -1.51.